The molecule has 2 aromatic rings. The molecule has 0 bridgehead atoms. The van der Waals surface area contributed by atoms with Crippen LogP contribution in [-0.2, 0) is 5.41 Å². The second kappa shape index (κ2) is 5.47. The molecule has 23 heavy (non-hydrogen) atoms. The summed E-state index contributed by atoms with van der Waals surface area (Å²) in [5, 5.41) is 0. The van der Waals surface area contributed by atoms with Crippen LogP contribution in [0.3, 0.4) is 0 Å². The molecule has 1 nitrogen and oxygen atoms in total. The highest BCUT2D eigenvalue weighted by Gasteiger charge is 2.72. The van der Waals surface area contributed by atoms with E-state index < -0.39 is 28.9 Å². The first-order valence-electron chi connectivity index (χ1n) is 6.57. The third-order valence-corrected chi connectivity index (χ3v) is 3.76. The number of anilines is 1. The molecule has 0 unspecified atom stereocenters. The average Bonchev–Trinajstić information content (AvgIpc) is 2.41. The lowest BCUT2D eigenvalue weighted by molar-refractivity contribution is -0.288. The van der Waals surface area contributed by atoms with E-state index in [0.29, 0.717) is 0 Å². The van der Waals surface area contributed by atoms with E-state index in [9.17, 15) is 26.3 Å². The predicted octanol–water partition coefficient (Wildman–Crippen LogP) is 4.99. The van der Waals surface area contributed by atoms with Crippen LogP contribution in [0.2, 0.25) is 0 Å². The van der Waals surface area contributed by atoms with Gasteiger partial charge in [-0.2, -0.15) is 26.3 Å². The Morgan fingerprint density at radius 1 is 0.739 bits per heavy atom. The lowest BCUT2D eigenvalue weighted by atomic mass is 9.72. The van der Waals surface area contributed by atoms with Gasteiger partial charge in [0.2, 0.25) is 5.41 Å². The summed E-state index contributed by atoms with van der Waals surface area (Å²) >= 11 is 0. The van der Waals surface area contributed by atoms with Crippen molar-refractivity contribution in [3.63, 3.8) is 0 Å². The first kappa shape index (κ1) is 17.2. The van der Waals surface area contributed by atoms with Gasteiger partial charge in [-0.3, -0.25) is 0 Å². The average molecular weight is 333 g/mol. The molecule has 0 heterocycles. The highest BCUT2D eigenvalue weighted by molar-refractivity contribution is 5.53. The fraction of sp³-hybridized carbons (Fsp3) is 0.250. The van der Waals surface area contributed by atoms with Crippen molar-refractivity contribution < 1.29 is 26.3 Å². The Kier molecular flexibility index (Phi) is 4.09. The quantitative estimate of drug-likeness (QED) is 0.608. The van der Waals surface area contributed by atoms with Gasteiger partial charge < -0.3 is 5.73 Å². The molecule has 2 rings (SSSR count). The Hall–Kier alpha value is -2.18. The van der Waals surface area contributed by atoms with Gasteiger partial charge in [-0.25, -0.2) is 0 Å². The van der Waals surface area contributed by atoms with Gasteiger partial charge in [-0.1, -0.05) is 42.5 Å². The highest BCUT2D eigenvalue weighted by Crippen LogP contribution is 2.56. The molecule has 0 fully saturated rings. The Balaban J connectivity index is 2.91. The van der Waals surface area contributed by atoms with E-state index in [1.165, 1.54) is 13.0 Å². The topological polar surface area (TPSA) is 26.0 Å². The van der Waals surface area contributed by atoms with Crippen molar-refractivity contribution in [1.29, 1.82) is 0 Å². The van der Waals surface area contributed by atoms with Crippen LogP contribution >= 0.6 is 0 Å². The van der Waals surface area contributed by atoms with Gasteiger partial charge in [0.25, 0.3) is 0 Å². The van der Waals surface area contributed by atoms with Gasteiger partial charge in [0.1, 0.15) is 0 Å². The molecule has 0 aliphatic carbocycles. The number of halogens is 6. The fourth-order valence-corrected chi connectivity index (χ4v) is 2.58. The lowest BCUT2D eigenvalue weighted by Crippen LogP contribution is -2.54. The first-order valence-corrected chi connectivity index (χ1v) is 6.57. The van der Waals surface area contributed by atoms with E-state index in [0.717, 1.165) is 42.5 Å². The van der Waals surface area contributed by atoms with Crippen LogP contribution in [0.4, 0.5) is 32.0 Å². The van der Waals surface area contributed by atoms with Crippen LogP contribution in [0.25, 0.3) is 0 Å². The fourth-order valence-electron chi connectivity index (χ4n) is 2.58. The molecular weight excluding hydrogens is 320 g/mol. The molecule has 124 valence electrons. The van der Waals surface area contributed by atoms with E-state index in [1.54, 1.807) is 0 Å². The van der Waals surface area contributed by atoms with Crippen molar-refractivity contribution in [2.45, 2.75) is 24.7 Å². The molecule has 0 atom stereocenters. The maximum Gasteiger partial charge on any atom is 0.411 e. The minimum Gasteiger partial charge on any atom is -0.399 e. The summed E-state index contributed by atoms with van der Waals surface area (Å²) < 4.78 is 82.3. The van der Waals surface area contributed by atoms with Gasteiger partial charge in [-0.05, 0) is 29.7 Å². The molecular formula is C16H13F6N. The third-order valence-electron chi connectivity index (χ3n) is 3.76. The second-order valence-electron chi connectivity index (χ2n) is 5.18. The summed E-state index contributed by atoms with van der Waals surface area (Å²) in [7, 11) is 0. The van der Waals surface area contributed by atoms with Gasteiger partial charge in [0.15, 0.2) is 0 Å². The van der Waals surface area contributed by atoms with Crippen molar-refractivity contribution in [3.05, 3.63) is 65.2 Å². The second-order valence-corrected chi connectivity index (χ2v) is 5.18. The summed E-state index contributed by atoms with van der Waals surface area (Å²) in [4.78, 5) is 0. The molecule has 0 saturated heterocycles. The molecule has 2 aromatic carbocycles. The van der Waals surface area contributed by atoms with E-state index in [2.05, 4.69) is 0 Å². The Morgan fingerprint density at radius 2 is 1.26 bits per heavy atom. The summed E-state index contributed by atoms with van der Waals surface area (Å²) in [5.41, 5.74) is -0.103. The van der Waals surface area contributed by atoms with Crippen molar-refractivity contribution in [2.24, 2.45) is 0 Å². The summed E-state index contributed by atoms with van der Waals surface area (Å²) in [6.45, 7) is 1.36. The number of nitrogen functional groups attached to an aromatic ring is 1. The Morgan fingerprint density at radius 3 is 1.70 bits per heavy atom. The maximum atomic E-state index is 13.7. The van der Waals surface area contributed by atoms with Crippen LogP contribution in [0.5, 0.6) is 0 Å². The molecule has 0 radical (unpaired) electrons. The van der Waals surface area contributed by atoms with Crippen molar-refractivity contribution in [1.82, 2.24) is 0 Å². The summed E-state index contributed by atoms with van der Waals surface area (Å²) in [6.07, 6.45) is -11.1. The van der Waals surface area contributed by atoms with E-state index >= 15 is 0 Å². The van der Waals surface area contributed by atoms with Crippen LogP contribution in [-0.4, -0.2) is 12.4 Å². The molecule has 0 aromatic heterocycles. The molecule has 0 aliphatic heterocycles. The van der Waals surface area contributed by atoms with Gasteiger partial charge in [-0.15, -0.1) is 0 Å². The Labute approximate surface area is 128 Å². The third kappa shape index (κ3) is 2.64. The maximum absolute atomic E-state index is 13.7. The predicted molar refractivity (Wildman–Crippen MR) is 74.9 cm³/mol. The van der Waals surface area contributed by atoms with E-state index in [4.69, 9.17) is 5.73 Å². The monoisotopic (exact) mass is 333 g/mol. The highest BCUT2D eigenvalue weighted by atomic mass is 19.4. The Bertz CT molecular complexity index is 674. The zero-order chi connectivity index (χ0) is 17.5. The van der Waals surface area contributed by atoms with Crippen LogP contribution in [0, 0.1) is 6.92 Å². The SMILES string of the molecule is Cc1cc(C(c2ccccc2)(C(F)(F)F)C(F)(F)F)ccc1N. The summed E-state index contributed by atoms with van der Waals surface area (Å²) in [5.74, 6) is 0. The van der Waals surface area contributed by atoms with Crippen molar-refractivity contribution in [3.8, 4) is 0 Å². The first-order chi connectivity index (χ1) is 10.5. The van der Waals surface area contributed by atoms with Gasteiger partial charge in [0.05, 0.1) is 0 Å². The number of nitrogens with two attached hydrogens (primary N) is 1. The summed E-state index contributed by atoms with van der Waals surface area (Å²) in [6, 6.07) is 7.96. The number of hydrogen-bond acceptors (Lipinski definition) is 1. The van der Waals surface area contributed by atoms with Crippen LogP contribution in [0.15, 0.2) is 48.5 Å². The zero-order valence-electron chi connectivity index (χ0n) is 12.0. The normalized spacial score (nSPS) is 13.2. The van der Waals surface area contributed by atoms with Crippen molar-refractivity contribution >= 4 is 5.69 Å². The minimum atomic E-state index is -5.57. The van der Waals surface area contributed by atoms with Gasteiger partial charge in [0, 0.05) is 5.69 Å². The zero-order valence-corrected chi connectivity index (χ0v) is 12.0. The number of alkyl halides is 6. The lowest BCUT2D eigenvalue weighted by Gasteiger charge is -2.38. The molecule has 7 heteroatoms. The molecule has 0 saturated carbocycles. The number of rotatable bonds is 2. The van der Waals surface area contributed by atoms with E-state index in [1.807, 2.05) is 0 Å². The number of aryl methyl sites for hydroxylation is 1. The van der Waals surface area contributed by atoms with Crippen LogP contribution in [0.1, 0.15) is 16.7 Å². The van der Waals surface area contributed by atoms with Gasteiger partial charge >= 0.3 is 12.4 Å². The standard InChI is InChI=1S/C16H13F6N/c1-10-9-12(7-8-13(10)23)14(15(17,18)19,16(20,21)22)11-5-3-2-4-6-11/h2-9H,23H2,1H3. The minimum absolute atomic E-state index is 0.125. The smallest absolute Gasteiger partial charge is 0.399 e. The molecule has 2 N–H and O–H groups in total. The van der Waals surface area contributed by atoms with E-state index in [-0.39, 0.29) is 11.3 Å². The van der Waals surface area contributed by atoms with Crippen molar-refractivity contribution in [2.75, 3.05) is 5.73 Å². The number of benzene rings is 2. The number of hydrogen-bond donors (Lipinski definition) is 1. The molecule has 0 amide bonds. The molecule has 0 spiro atoms. The van der Waals surface area contributed by atoms with Crippen LogP contribution < -0.4 is 5.73 Å². The molecule has 0 aliphatic rings. The largest absolute Gasteiger partial charge is 0.411 e.